The van der Waals surface area contributed by atoms with Crippen molar-refractivity contribution in [2.45, 2.75) is 0 Å². The molecule has 96 valence electrons. The molecule has 0 heterocycles. The van der Waals surface area contributed by atoms with Crippen LogP contribution in [0.5, 0.6) is 5.75 Å². The molecule has 0 saturated carbocycles. The molecule has 0 aromatic heterocycles. The van der Waals surface area contributed by atoms with Crippen LogP contribution < -0.4 is 4.74 Å². The first-order valence-corrected chi connectivity index (χ1v) is 4.93. The van der Waals surface area contributed by atoms with Crippen LogP contribution in [0.25, 0.3) is 6.08 Å². The molecule has 1 rings (SSSR count). The molecule has 0 saturated heterocycles. The van der Waals surface area contributed by atoms with Crippen molar-refractivity contribution in [1.82, 2.24) is 0 Å². The summed E-state index contributed by atoms with van der Waals surface area (Å²) >= 11 is 0. The minimum atomic E-state index is -1.20. The number of halogens is 1. The van der Waals surface area contributed by atoms with Crippen molar-refractivity contribution in [2.75, 3.05) is 13.3 Å². The standard InChI is InChI=1S/C11H10FNO5/c12-5-6-18-10-3-2-9(13(16)17)7-8(10)1-4-11(14)15/h1-4,7H,5-6H2,(H,14,15)/b4-1+. The highest BCUT2D eigenvalue weighted by atomic mass is 19.1. The van der Waals surface area contributed by atoms with E-state index in [0.717, 1.165) is 18.2 Å². The summed E-state index contributed by atoms with van der Waals surface area (Å²) in [5.41, 5.74) is 0.00712. The molecule has 0 bridgehead atoms. The summed E-state index contributed by atoms with van der Waals surface area (Å²) in [5, 5.41) is 19.1. The maximum absolute atomic E-state index is 12.0. The van der Waals surface area contributed by atoms with Gasteiger partial charge in [0.15, 0.2) is 0 Å². The third kappa shape index (κ3) is 3.85. The van der Waals surface area contributed by atoms with Crippen molar-refractivity contribution in [2.24, 2.45) is 0 Å². The Labute approximate surface area is 101 Å². The minimum Gasteiger partial charge on any atom is -0.490 e. The molecule has 0 amide bonds. The average Bonchev–Trinajstić information content (AvgIpc) is 2.33. The van der Waals surface area contributed by atoms with Gasteiger partial charge in [0, 0.05) is 23.8 Å². The Bertz CT molecular complexity index is 486. The van der Waals surface area contributed by atoms with Gasteiger partial charge in [-0.15, -0.1) is 0 Å². The van der Waals surface area contributed by atoms with Gasteiger partial charge in [0.25, 0.3) is 5.69 Å². The highest BCUT2D eigenvalue weighted by molar-refractivity contribution is 5.86. The van der Waals surface area contributed by atoms with E-state index in [9.17, 15) is 19.3 Å². The second kappa shape index (κ2) is 6.33. The molecule has 0 aliphatic heterocycles. The van der Waals surface area contributed by atoms with Gasteiger partial charge >= 0.3 is 5.97 Å². The molecule has 6 nitrogen and oxygen atoms in total. The molecule has 0 aliphatic carbocycles. The van der Waals surface area contributed by atoms with E-state index < -0.39 is 17.6 Å². The molecule has 0 unspecified atom stereocenters. The van der Waals surface area contributed by atoms with E-state index in [4.69, 9.17) is 9.84 Å². The lowest BCUT2D eigenvalue weighted by Gasteiger charge is -2.07. The monoisotopic (exact) mass is 255 g/mol. The summed E-state index contributed by atoms with van der Waals surface area (Å²) in [4.78, 5) is 20.4. The molecule has 1 aromatic carbocycles. The third-order valence-corrected chi connectivity index (χ3v) is 1.94. The van der Waals surface area contributed by atoms with Crippen LogP contribution in [0.1, 0.15) is 5.56 Å². The maximum Gasteiger partial charge on any atom is 0.328 e. The predicted molar refractivity (Wildman–Crippen MR) is 61.2 cm³/mol. The SMILES string of the molecule is O=C(O)/C=C/c1cc([N+](=O)[O-])ccc1OCCF. The number of non-ortho nitro benzene ring substituents is 1. The van der Waals surface area contributed by atoms with Crippen molar-refractivity contribution in [3.8, 4) is 5.75 Å². The van der Waals surface area contributed by atoms with Crippen molar-refractivity contribution in [3.05, 3.63) is 40.0 Å². The molecule has 1 N–H and O–H groups in total. The van der Waals surface area contributed by atoms with Crippen LogP contribution in [0.15, 0.2) is 24.3 Å². The normalized spacial score (nSPS) is 10.5. The number of hydrogen-bond donors (Lipinski definition) is 1. The first-order valence-electron chi connectivity index (χ1n) is 4.93. The number of carboxylic acids is 1. The Hall–Kier alpha value is -2.44. The smallest absolute Gasteiger partial charge is 0.328 e. The number of ether oxygens (including phenoxy) is 1. The molecule has 0 radical (unpaired) electrons. The van der Waals surface area contributed by atoms with Crippen molar-refractivity contribution in [1.29, 1.82) is 0 Å². The lowest BCUT2D eigenvalue weighted by atomic mass is 10.1. The fraction of sp³-hybridized carbons (Fsp3) is 0.182. The number of nitro groups is 1. The molecule has 0 aliphatic rings. The van der Waals surface area contributed by atoms with Crippen LogP contribution in [-0.2, 0) is 4.79 Å². The van der Waals surface area contributed by atoms with E-state index in [1.165, 1.54) is 12.1 Å². The second-order valence-corrected chi connectivity index (χ2v) is 3.19. The first kappa shape index (κ1) is 13.6. The van der Waals surface area contributed by atoms with Gasteiger partial charge in [0.2, 0.25) is 0 Å². The summed E-state index contributed by atoms with van der Waals surface area (Å²) in [7, 11) is 0. The Kier molecular flexibility index (Phi) is 4.79. The Balaban J connectivity index is 3.09. The number of nitrogens with zero attached hydrogens (tertiary/aromatic N) is 1. The summed E-state index contributed by atoms with van der Waals surface area (Å²) in [5.74, 6) is -1.01. The zero-order valence-corrected chi connectivity index (χ0v) is 9.21. The van der Waals surface area contributed by atoms with Gasteiger partial charge in [-0.3, -0.25) is 10.1 Å². The highest BCUT2D eigenvalue weighted by Crippen LogP contribution is 2.25. The van der Waals surface area contributed by atoms with Crippen LogP contribution in [0.2, 0.25) is 0 Å². The zero-order chi connectivity index (χ0) is 13.5. The van der Waals surface area contributed by atoms with E-state index in [0.29, 0.717) is 0 Å². The minimum absolute atomic E-state index is 0.191. The largest absolute Gasteiger partial charge is 0.490 e. The summed E-state index contributed by atoms with van der Waals surface area (Å²) < 4.78 is 17.0. The van der Waals surface area contributed by atoms with Crippen LogP contribution in [0, 0.1) is 10.1 Å². The molecular weight excluding hydrogens is 245 g/mol. The lowest BCUT2D eigenvalue weighted by Crippen LogP contribution is -2.01. The molecular formula is C11H10FNO5. The summed E-state index contributed by atoms with van der Waals surface area (Å²) in [6.45, 7) is -0.912. The number of carboxylic acid groups (broad SMARTS) is 1. The first-order chi connectivity index (χ1) is 8.54. The van der Waals surface area contributed by atoms with Crippen LogP contribution in [0.3, 0.4) is 0 Å². The van der Waals surface area contributed by atoms with Gasteiger partial charge in [-0.25, -0.2) is 9.18 Å². The Morgan fingerprint density at radius 3 is 2.83 bits per heavy atom. The zero-order valence-electron chi connectivity index (χ0n) is 9.21. The van der Waals surface area contributed by atoms with Crippen LogP contribution >= 0.6 is 0 Å². The van der Waals surface area contributed by atoms with E-state index in [-0.39, 0.29) is 23.6 Å². The number of carbonyl (C=O) groups is 1. The second-order valence-electron chi connectivity index (χ2n) is 3.19. The quantitative estimate of drug-likeness (QED) is 0.477. The predicted octanol–water partition coefficient (Wildman–Crippen LogP) is 2.04. The van der Waals surface area contributed by atoms with Crippen molar-refractivity contribution in [3.63, 3.8) is 0 Å². The van der Waals surface area contributed by atoms with Crippen molar-refractivity contribution >= 4 is 17.7 Å². The van der Waals surface area contributed by atoms with Gasteiger partial charge in [-0.05, 0) is 12.1 Å². The highest BCUT2D eigenvalue weighted by Gasteiger charge is 2.10. The average molecular weight is 255 g/mol. The molecule has 18 heavy (non-hydrogen) atoms. The third-order valence-electron chi connectivity index (χ3n) is 1.94. The number of rotatable bonds is 6. The van der Waals surface area contributed by atoms with Gasteiger partial charge < -0.3 is 9.84 Å². The van der Waals surface area contributed by atoms with Gasteiger partial charge in [-0.2, -0.15) is 0 Å². The Morgan fingerprint density at radius 1 is 1.56 bits per heavy atom. The van der Waals surface area contributed by atoms with Gasteiger partial charge in [0.05, 0.1) is 4.92 Å². The Morgan fingerprint density at radius 2 is 2.28 bits per heavy atom. The van der Waals surface area contributed by atoms with Crippen LogP contribution in [0.4, 0.5) is 10.1 Å². The van der Waals surface area contributed by atoms with Crippen molar-refractivity contribution < 1.29 is 24.0 Å². The number of aliphatic carboxylic acids is 1. The molecule has 7 heteroatoms. The number of nitro benzene ring substituents is 1. The van der Waals surface area contributed by atoms with Crippen LogP contribution in [-0.4, -0.2) is 29.3 Å². The van der Waals surface area contributed by atoms with E-state index in [1.54, 1.807) is 0 Å². The summed E-state index contributed by atoms with van der Waals surface area (Å²) in [6.07, 6.45) is 1.98. The van der Waals surface area contributed by atoms with E-state index in [2.05, 4.69) is 0 Å². The fourth-order valence-electron chi connectivity index (χ4n) is 1.22. The van der Waals surface area contributed by atoms with E-state index in [1.807, 2.05) is 0 Å². The number of hydrogen-bond acceptors (Lipinski definition) is 4. The van der Waals surface area contributed by atoms with E-state index >= 15 is 0 Å². The van der Waals surface area contributed by atoms with Gasteiger partial charge in [0.1, 0.15) is 19.0 Å². The fourth-order valence-corrected chi connectivity index (χ4v) is 1.22. The number of benzene rings is 1. The topological polar surface area (TPSA) is 89.7 Å². The molecule has 1 aromatic rings. The number of alkyl halides is 1. The maximum atomic E-state index is 12.0. The molecule has 0 fully saturated rings. The lowest BCUT2D eigenvalue weighted by molar-refractivity contribution is -0.384. The molecule has 0 atom stereocenters. The molecule has 0 spiro atoms. The summed E-state index contributed by atoms with van der Waals surface area (Å²) in [6, 6.07) is 3.66. The van der Waals surface area contributed by atoms with Gasteiger partial charge in [-0.1, -0.05) is 0 Å².